The normalized spacial score (nSPS) is 19.6. The average Bonchev–Trinajstić information content (AvgIpc) is 2.95. The maximum Gasteiger partial charge on any atom is 0.126 e. The SMILES string of the molecule is COc1ccc(CN2CCCC2CN)c2ccccc12. The van der Waals surface area contributed by atoms with E-state index in [1.807, 2.05) is 0 Å². The second kappa shape index (κ2) is 5.81. The Morgan fingerprint density at radius 1 is 1.20 bits per heavy atom. The number of likely N-dealkylation sites (tertiary alicyclic amines) is 1. The molecule has 0 radical (unpaired) electrons. The van der Waals surface area contributed by atoms with Crippen molar-refractivity contribution in [3.8, 4) is 5.75 Å². The van der Waals surface area contributed by atoms with Crippen LogP contribution in [-0.2, 0) is 6.54 Å². The highest BCUT2D eigenvalue weighted by atomic mass is 16.5. The molecule has 0 aromatic heterocycles. The van der Waals surface area contributed by atoms with Crippen molar-refractivity contribution in [3.05, 3.63) is 42.0 Å². The highest BCUT2D eigenvalue weighted by molar-refractivity contribution is 5.91. The maximum atomic E-state index is 5.87. The smallest absolute Gasteiger partial charge is 0.126 e. The first kappa shape index (κ1) is 13.4. The summed E-state index contributed by atoms with van der Waals surface area (Å²) in [6, 6.07) is 13.3. The predicted molar refractivity (Wildman–Crippen MR) is 83.0 cm³/mol. The summed E-state index contributed by atoms with van der Waals surface area (Å²) in [6.07, 6.45) is 2.49. The van der Waals surface area contributed by atoms with Gasteiger partial charge in [0.2, 0.25) is 0 Å². The molecule has 0 bridgehead atoms. The van der Waals surface area contributed by atoms with Crippen molar-refractivity contribution in [2.24, 2.45) is 5.73 Å². The quantitative estimate of drug-likeness (QED) is 0.928. The fourth-order valence-corrected chi connectivity index (χ4v) is 3.24. The van der Waals surface area contributed by atoms with E-state index in [1.165, 1.54) is 29.2 Å². The summed E-state index contributed by atoms with van der Waals surface area (Å²) < 4.78 is 5.46. The molecule has 0 amide bonds. The van der Waals surface area contributed by atoms with Gasteiger partial charge in [0.25, 0.3) is 0 Å². The number of nitrogens with zero attached hydrogens (tertiary/aromatic N) is 1. The molecule has 1 fully saturated rings. The highest BCUT2D eigenvalue weighted by Crippen LogP contribution is 2.30. The monoisotopic (exact) mass is 270 g/mol. The Morgan fingerprint density at radius 2 is 2.00 bits per heavy atom. The van der Waals surface area contributed by atoms with E-state index in [0.717, 1.165) is 25.4 Å². The molecule has 1 aliphatic rings. The molecular formula is C17H22N2O. The number of hydrogen-bond donors (Lipinski definition) is 1. The van der Waals surface area contributed by atoms with Gasteiger partial charge >= 0.3 is 0 Å². The molecule has 1 aliphatic heterocycles. The number of methoxy groups -OCH3 is 1. The van der Waals surface area contributed by atoms with E-state index in [4.69, 9.17) is 10.5 Å². The lowest BCUT2D eigenvalue weighted by Crippen LogP contribution is -2.34. The van der Waals surface area contributed by atoms with E-state index in [2.05, 4.69) is 41.3 Å². The molecule has 0 aliphatic carbocycles. The first-order chi connectivity index (χ1) is 9.83. The van der Waals surface area contributed by atoms with Gasteiger partial charge in [-0.2, -0.15) is 0 Å². The fraction of sp³-hybridized carbons (Fsp3) is 0.412. The van der Waals surface area contributed by atoms with Crippen LogP contribution in [-0.4, -0.2) is 31.1 Å². The van der Waals surface area contributed by atoms with Crippen LogP contribution in [0.5, 0.6) is 5.75 Å². The van der Waals surface area contributed by atoms with Crippen molar-refractivity contribution in [1.82, 2.24) is 4.90 Å². The van der Waals surface area contributed by atoms with Gasteiger partial charge in [0, 0.05) is 24.5 Å². The van der Waals surface area contributed by atoms with Crippen molar-refractivity contribution in [2.75, 3.05) is 20.2 Å². The molecule has 0 spiro atoms. The summed E-state index contributed by atoms with van der Waals surface area (Å²) in [4.78, 5) is 2.51. The minimum absolute atomic E-state index is 0.538. The number of rotatable bonds is 4. The molecular weight excluding hydrogens is 248 g/mol. The van der Waals surface area contributed by atoms with Crippen molar-refractivity contribution >= 4 is 10.8 Å². The van der Waals surface area contributed by atoms with Gasteiger partial charge in [-0.1, -0.05) is 30.3 Å². The number of ether oxygens (including phenoxy) is 1. The summed E-state index contributed by atoms with van der Waals surface area (Å²) in [5.74, 6) is 0.946. The highest BCUT2D eigenvalue weighted by Gasteiger charge is 2.23. The first-order valence-corrected chi connectivity index (χ1v) is 7.32. The van der Waals surface area contributed by atoms with E-state index in [9.17, 15) is 0 Å². The largest absolute Gasteiger partial charge is 0.496 e. The molecule has 2 aromatic carbocycles. The van der Waals surface area contributed by atoms with E-state index >= 15 is 0 Å². The second-order valence-electron chi connectivity index (χ2n) is 5.47. The molecule has 3 heteroatoms. The summed E-state index contributed by atoms with van der Waals surface area (Å²) in [5, 5.41) is 2.48. The summed E-state index contributed by atoms with van der Waals surface area (Å²) >= 11 is 0. The van der Waals surface area contributed by atoms with Gasteiger partial charge in [-0.25, -0.2) is 0 Å². The molecule has 1 saturated heterocycles. The third-order valence-corrected chi connectivity index (χ3v) is 4.34. The Kier molecular flexibility index (Phi) is 3.90. The molecule has 2 aromatic rings. The van der Waals surface area contributed by atoms with Crippen LogP contribution in [0, 0.1) is 0 Å². The van der Waals surface area contributed by atoms with Crippen LogP contribution < -0.4 is 10.5 Å². The zero-order chi connectivity index (χ0) is 13.9. The Morgan fingerprint density at radius 3 is 2.75 bits per heavy atom. The Hall–Kier alpha value is -1.58. The summed E-state index contributed by atoms with van der Waals surface area (Å²) in [6.45, 7) is 2.89. The van der Waals surface area contributed by atoms with E-state index in [1.54, 1.807) is 7.11 Å². The molecule has 106 valence electrons. The summed E-state index contributed by atoms with van der Waals surface area (Å²) in [7, 11) is 1.73. The van der Waals surface area contributed by atoms with Crippen molar-refractivity contribution in [3.63, 3.8) is 0 Å². The molecule has 1 atom stereocenters. The Balaban J connectivity index is 1.96. The molecule has 3 rings (SSSR count). The standard InChI is InChI=1S/C17H22N2O/c1-20-17-9-8-13(15-6-2-3-7-16(15)17)12-19-10-4-5-14(19)11-18/h2-3,6-9,14H,4-5,10-12,18H2,1H3. The van der Waals surface area contributed by atoms with Gasteiger partial charge in [-0.15, -0.1) is 0 Å². The molecule has 20 heavy (non-hydrogen) atoms. The topological polar surface area (TPSA) is 38.5 Å². The summed E-state index contributed by atoms with van der Waals surface area (Å²) in [5.41, 5.74) is 7.24. The molecule has 1 heterocycles. The molecule has 1 unspecified atom stereocenters. The number of benzene rings is 2. The van der Waals surface area contributed by atoms with Crippen molar-refractivity contribution < 1.29 is 4.74 Å². The minimum atomic E-state index is 0.538. The second-order valence-corrected chi connectivity index (χ2v) is 5.47. The van der Waals surface area contributed by atoms with Crippen LogP contribution in [0.4, 0.5) is 0 Å². The number of nitrogens with two attached hydrogens (primary N) is 1. The van der Waals surface area contributed by atoms with Crippen LogP contribution in [0.25, 0.3) is 10.8 Å². The van der Waals surface area contributed by atoms with Gasteiger partial charge in [-0.05, 0) is 36.4 Å². The van der Waals surface area contributed by atoms with Gasteiger partial charge in [0.15, 0.2) is 0 Å². The van der Waals surface area contributed by atoms with Crippen LogP contribution in [0.15, 0.2) is 36.4 Å². The lowest BCUT2D eigenvalue weighted by Gasteiger charge is -2.24. The van der Waals surface area contributed by atoms with Crippen molar-refractivity contribution in [1.29, 1.82) is 0 Å². The molecule has 2 N–H and O–H groups in total. The zero-order valence-corrected chi connectivity index (χ0v) is 12.0. The van der Waals surface area contributed by atoms with Crippen LogP contribution >= 0.6 is 0 Å². The van der Waals surface area contributed by atoms with Crippen molar-refractivity contribution in [2.45, 2.75) is 25.4 Å². The Bertz CT molecular complexity index is 597. The van der Waals surface area contributed by atoms with E-state index in [-0.39, 0.29) is 0 Å². The predicted octanol–water partition coefficient (Wildman–Crippen LogP) is 2.77. The third-order valence-electron chi connectivity index (χ3n) is 4.34. The molecule has 3 nitrogen and oxygen atoms in total. The van der Waals surface area contributed by atoms with Gasteiger partial charge in [0.1, 0.15) is 5.75 Å². The average molecular weight is 270 g/mol. The lowest BCUT2D eigenvalue weighted by atomic mass is 10.0. The van der Waals surface area contributed by atoms with Gasteiger partial charge < -0.3 is 10.5 Å². The van der Waals surface area contributed by atoms with E-state index < -0.39 is 0 Å². The van der Waals surface area contributed by atoms with Gasteiger partial charge in [-0.3, -0.25) is 4.90 Å². The first-order valence-electron chi connectivity index (χ1n) is 7.32. The van der Waals surface area contributed by atoms with Crippen LogP contribution in [0.2, 0.25) is 0 Å². The zero-order valence-electron chi connectivity index (χ0n) is 12.0. The van der Waals surface area contributed by atoms with Gasteiger partial charge in [0.05, 0.1) is 7.11 Å². The van der Waals surface area contributed by atoms with E-state index in [0.29, 0.717) is 6.04 Å². The third kappa shape index (κ3) is 2.39. The van der Waals surface area contributed by atoms with Crippen LogP contribution in [0.1, 0.15) is 18.4 Å². The fourth-order valence-electron chi connectivity index (χ4n) is 3.24. The molecule has 0 saturated carbocycles. The number of fused-ring (bicyclic) bond motifs is 1. The minimum Gasteiger partial charge on any atom is -0.496 e. The van der Waals surface area contributed by atoms with Crippen LogP contribution in [0.3, 0.4) is 0 Å². The Labute approximate surface area is 120 Å². The number of hydrogen-bond acceptors (Lipinski definition) is 3. The lowest BCUT2D eigenvalue weighted by molar-refractivity contribution is 0.251. The maximum absolute atomic E-state index is 5.87.